The smallest absolute Gasteiger partial charge is 0.261 e. The number of hydrogen-bond acceptors (Lipinski definition) is 5. The van der Waals surface area contributed by atoms with Crippen LogP contribution in [0.15, 0.2) is 78.9 Å². The van der Waals surface area contributed by atoms with Crippen LogP contribution in [-0.4, -0.2) is 36.7 Å². The number of amides is 2. The molecule has 0 unspecified atom stereocenters. The third-order valence-corrected chi connectivity index (χ3v) is 4.67. The Bertz CT molecular complexity index is 1110. The lowest BCUT2D eigenvalue weighted by molar-refractivity contribution is 0.0958. The Labute approximate surface area is 198 Å². The minimum absolute atomic E-state index is 0.121. The van der Waals surface area contributed by atoms with E-state index in [9.17, 15) is 9.59 Å². The van der Waals surface area contributed by atoms with Crippen molar-refractivity contribution in [2.24, 2.45) is 0 Å². The summed E-state index contributed by atoms with van der Waals surface area (Å²) in [5.41, 5.74) is 2.13. The average molecular weight is 464 g/mol. The van der Waals surface area contributed by atoms with Crippen LogP contribution in [0.4, 0.5) is 11.4 Å². The van der Waals surface area contributed by atoms with E-state index in [4.69, 9.17) is 21.7 Å². The Balaban J connectivity index is 1.58. The summed E-state index contributed by atoms with van der Waals surface area (Å²) in [7, 11) is 0. The van der Waals surface area contributed by atoms with Gasteiger partial charge in [0, 0.05) is 23.5 Å². The van der Waals surface area contributed by atoms with Crippen molar-refractivity contribution < 1.29 is 19.1 Å². The quantitative estimate of drug-likeness (QED) is 0.320. The highest BCUT2D eigenvalue weighted by Crippen LogP contribution is 2.19. The molecule has 33 heavy (non-hydrogen) atoms. The Morgan fingerprint density at radius 3 is 2.27 bits per heavy atom. The molecule has 0 heterocycles. The molecule has 0 aliphatic heterocycles. The van der Waals surface area contributed by atoms with Gasteiger partial charge in [0.15, 0.2) is 5.11 Å². The number of rotatable bonds is 9. The van der Waals surface area contributed by atoms with E-state index in [1.54, 1.807) is 72.8 Å². The highest BCUT2D eigenvalue weighted by atomic mass is 32.1. The molecule has 0 saturated heterocycles. The second-order valence-electron chi connectivity index (χ2n) is 6.85. The van der Waals surface area contributed by atoms with Crippen molar-refractivity contribution in [1.82, 2.24) is 5.32 Å². The first kappa shape index (κ1) is 23.9. The van der Waals surface area contributed by atoms with Crippen LogP contribution in [0.3, 0.4) is 0 Å². The third kappa shape index (κ3) is 7.41. The fourth-order valence-corrected chi connectivity index (χ4v) is 3.15. The van der Waals surface area contributed by atoms with Gasteiger partial charge in [-0.3, -0.25) is 14.9 Å². The molecule has 0 atom stereocenters. The molecule has 0 aromatic heterocycles. The Hall–Kier alpha value is -3.75. The largest absolute Gasteiger partial charge is 0.490 e. The molecule has 3 aromatic carbocycles. The van der Waals surface area contributed by atoms with Crippen LogP contribution in [0.25, 0.3) is 0 Å². The van der Waals surface area contributed by atoms with E-state index in [0.717, 1.165) is 0 Å². The normalized spacial score (nSPS) is 10.2. The number of carbonyl (C=O) groups is 2. The fraction of sp³-hybridized carbons (Fsp3) is 0.160. The minimum atomic E-state index is -0.395. The molecule has 0 saturated carbocycles. The first-order chi connectivity index (χ1) is 16.1. The van der Waals surface area contributed by atoms with E-state index in [0.29, 0.717) is 48.1 Å². The summed E-state index contributed by atoms with van der Waals surface area (Å²) in [6.45, 7) is 3.27. The van der Waals surface area contributed by atoms with Gasteiger partial charge >= 0.3 is 0 Å². The van der Waals surface area contributed by atoms with Crippen LogP contribution < -0.4 is 20.7 Å². The summed E-state index contributed by atoms with van der Waals surface area (Å²) in [6.07, 6.45) is 0. The van der Waals surface area contributed by atoms with Gasteiger partial charge in [-0.1, -0.05) is 36.4 Å². The summed E-state index contributed by atoms with van der Waals surface area (Å²) in [5.74, 6) is -0.166. The molecule has 3 rings (SSSR count). The van der Waals surface area contributed by atoms with Crippen molar-refractivity contribution in [3.05, 3.63) is 90.0 Å². The zero-order chi connectivity index (χ0) is 23.5. The lowest BCUT2D eigenvalue weighted by Crippen LogP contribution is -2.34. The second kappa shape index (κ2) is 12.3. The van der Waals surface area contributed by atoms with E-state index in [1.165, 1.54) is 0 Å². The molecule has 7 nitrogen and oxygen atoms in total. The molecule has 0 radical (unpaired) electrons. The van der Waals surface area contributed by atoms with Gasteiger partial charge in [0.1, 0.15) is 12.4 Å². The summed E-state index contributed by atoms with van der Waals surface area (Å²) < 4.78 is 10.9. The maximum Gasteiger partial charge on any atom is 0.261 e. The molecule has 2 amide bonds. The summed E-state index contributed by atoms with van der Waals surface area (Å²) in [4.78, 5) is 25.1. The van der Waals surface area contributed by atoms with Gasteiger partial charge in [0.2, 0.25) is 0 Å². The minimum Gasteiger partial charge on any atom is -0.490 e. The molecule has 0 bridgehead atoms. The summed E-state index contributed by atoms with van der Waals surface area (Å²) in [5, 5.41) is 8.58. The number of anilines is 2. The number of carbonyl (C=O) groups excluding carboxylic acids is 2. The van der Waals surface area contributed by atoms with Crippen LogP contribution in [-0.2, 0) is 4.74 Å². The van der Waals surface area contributed by atoms with E-state index in [-0.39, 0.29) is 11.0 Å². The van der Waals surface area contributed by atoms with Crippen molar-refractivity contribution >= 4 is 40.5 Å². The van der Waals surface area contributed by atoms with Gasteiger partial charge in [-0.15, -0.1) is 0 Å². The SMILES string of the molecule is CCOCCOc1ccccc1C(=O)NC(=S)Nc1cccc(NC(=O)c2ccccc2)c1. The molecule has 170 valence electrons. The van der Waals surface area contributed by atoms with Crippen LogP contribution in [0.5, 0.6) is 5.75 Å². The zero-order valence-electron chi connectivity index (χ0n) is 18.2. The summed E-state index contributed by atoms with van der Waals surface area (Å²) >= 11 is 5.29. The molecule has 8 heteroatoms. The molecule has 0 spiro atoms. The van der Waals surface area contributed by atoms with Gasteiger partial charge in [-0.25, -0.2) is 0 Å². The Morgan fingerprint density at radius 2 is 1.52 bits per heavy atom. The third-order valence-electron chi connectivity index (χ3n) is 4.46. The van der Waals surface area contributed by atoms with E-state index < -0.39 is 5.91 Å². The van der Waals surface area contributed by atoms with Crippen molar-refractivity contribution in [1.29, 1.82) is 0 Å². The summed E-state index contributed by atoms with van der Waals surface area (Å²) in [6, 6.07) is 22.9. The van der Waals surface area contributed by atoms with Gasteiger partial charge in [-0.2, -0.15) is 0 Å². The Kier molecular flexibility index (Phi) is 8.93. The highest BCUT2D eigenvalue weighted by molar-refractivity contribution is 7.80. The molecule has 3 N–H and O–H groups in total. The first-order valence-electron chi connectivity index (χ1n) is 10.4. The molecule has 0 aliphatic carbocycles. The fourth-order valence-electron chi connectivity index (χ4n) is 2.94. The van der Waals surface area contributed by atoms with Crippen molar-refractivity contribution in [3.63, 3.8) is 0 Å². The monoisotopic (exact) mass is 463 g/mol. The lowest BCUT2D eigenvalue weighted by Gasteiger charge is -2.14. The molecule has 0 fully saturated rings. The average Bonchev–Trinajstić information content (AvgIpc) is 2.82. The van der Waals surface area contributed by atoms with Crippen LogP contribution in [0, 0.1) is 0 Å². The topological polar surface area (TPSA) is 88.7 Å². The van der Waals surface area contributed by atoms with E-state index >= 15 is 0 Å². The van der Waals surface area contributed by atoms with Gasteiger partial charge in [-0.05, 0) is 61.6 Å². The van der Waals surface area contributed by atoms with E-state index in [2.05, 4.69) is 16.0 Å². The van der Waals surface area contributed by atoms with Crippen molar-refractivity contribution in [2.75, 3.05) is 30.5 Å². The van der Waals surface area contributed by atoms with E-state index in [1.807, 2.05) is 13.0 Å². The predicted molar refractivity (Wildman–Crippen MR) is 133 cm³/mol. The van der Waals surface area contributed by atoms with Gasteiger partial charge in [0.05, 0.1) is 12.2 Å². The number of nitrogens with one attached hydrogen (secondary N) is 3. The number of para-hydroxylation sites is 1. The predicted octanol–water partition coefficient (Wildman–Crippen LogP) is 4.48. The molecular weight excluding hydrogens is 438 g/mol. The van der Waals surface area contributed by atoms with Crippen LogP contribution in [0.2, 0.25) is 0 Å². The van der Waals surface area contributed by atoms with Crippen molar-refractivity contribution in [2.45, 2.75) is 6.92 Å². The number of thiocarbonyl (C=S) groups is 1. The molecular formula is C25H25N3O4S. The highest BCUT2D eigenvalue weighted by Gasteiger charge is 2.14. The standard InChI is InChI=1S/C25H25N3O4S/c1-2-31-15-16-32-22-14-7-6-13-21(22)24(30)28-25(33)27-20-12-8-11-19(17-20)26-23(29)18-9-4-3-5-10-18/h3-14,17H,2,15-16H2,1H3,(H,26,29)(H2,27,28,30,33). The first-order valence-corrected chi connectivity index (χ1v) is 10.9. The van der Waals surface area contributed by atoms with Crippen molar-refractivity contribution in [3.8, 4) is 5.75 Å². The lowest BCUT2D eigenvalue weighted by atomic mass is 10.2. The zero-order valence-corrected chi connectivity index (χ0v) is 19.0. The Morgan fingerprint density at radius 1 is 0.818 bits per heavy atom. The van der Waals surface area contributed by atoms with Crippen LogP contribution >= 0.6 is 12.2 Å². The maximum atomic E-state index is 12.7. The number of ether oxygens (including phenoxy) is 2. The molecule has 3 aromatic rings. The second-order valence-corrected chi connectivity index (χ2v) is 7.26. The number of benzene rings is 3. The maximum absolute atomic E-state index is 12.7. The van der Waals surface area contributed by atoms with Gasteiger partial charge in [0.25, 0.3) is 11.8 Å². The van der Waals surface area contributed by atoms with Crippen LogP contribution in [0.1, 0.15) is 27.6 Å². The number of hydrogen-bond donors (Lipinski definition) is 3. The van der Waals surface area contributed by atoms with Gasteiger partial charge < -0.3 is 20.1 Å². The molecule has 0 aliphatic rings.